The van der Waals surface area contributed by atoms with Crippen LogP contribution in [-0.4, -0.2) is 50.2 Å². The molecule has 0 saturated carbocycles. The quantitative estimate of drug-likeness (QED) is 0.478. The molecule has 0 aliphatic heterocycles. The number of carboxylic acids is 1. The fourth-order valence-electron chi connectivity index (χ4n) is 3.63. The molecule has 2 N–H and O–H groups in total. The maximum atomic E-state index is 13.1. The van der Waals surface area contributed by atoms with Crippen molar-refractivity contribution in [1.82, 2.24) is 20.1 Å². The first-order valence-corrected chi connectivity index (χ1v) is 10.3. The van der Waals surface area contributed by atoms with Crippen molar-refractivity contribution in [3.8, 4) is 0 Å². The highest BCUT2D eigenvalue weighted by molar-refractivity contribution is 5.94. The minimum absolute atomic E-state index is 0.0774. The first-order chi connectivity index (χ1) is 15.8. The Bertz CT molecular complexity index is 1240. The first-order valence-electron chi connectivity index (χ1n) is 10.3. The summed E-state index contributed by atoms with van der Waals surface area (Å²) in [6.07, 6.45) is 2.47. The van der Waals surface area contributed by atoms with Gasteiger partial charge in [-0.3, -0.25) is 24.2 Å². The van der Waals surface area contributed by atoms with Gasteiger partial charge in [0.2, 0.25) is 5.91 Å². The number of amides is 1. The number of hydrogen-bond acceptors (Lipinski definition) is 6. The molecule has 0 saturated heterocycles. The zero-order chi connectivity index (χ0) is 24.0. The molecule has 0 bridgehead atoms. The molecule has 3 aromatic rings. The second kappa shape index (κ2) is 10.6. The monoisotopic (exact) mass is 454 g/mol. The van der Waals surface area contributed by atoms with Crippen molar-refractivity contribution in [2.75, 3.05) is 6.67 Å². The van der Waals surface area contributed by atoms with Crippen LogP contribution in [0.5, 0.6) is 0 Å². The van der Waals surface area contributed by atoms with Gasteiger partial charge in [0.25, 0.3) is 5.56 Å². The number of nitrogens with one attached hydrogen (secondary N) is 1. The highest BCUT2D eigenvalue weighted by Gasteiger charge is 2.29. The zero-order valence-electron chi connectivity index (χ0n) is 17.9. The van der Waals surface area contributed by atoms with Crippen LogP contribution in [0.4, 0.5) is 4.39 Å². The molecule has 0 fully saturated rings. The van der Waals surface area contributed by atoms with Crippen LogP contribution in [0.25, 0.3) is 10.8 Å². The minimum atomic E-state index is -1.52. The Labute approximate surface area is 188 Å². The molecule has 3 rings (SSSR count). The highest BCUT2D eigenvalue weighted by Crippen LogP contribution is 2.19. The SMILES string of the molecule is CCC(C(=O)NC(CC(=O)O)C(=O)CF)c1ccnn(Cc2nccc3ccccc23)c1=O. The Morgan fingerprint density at radius 3 is 2.61 bits per heavy atom. The number of rotatable bonds is 10. The number of halogens is 1. The van der Waals surface area contributed by atoms with Gasteiger partial charge >= 0.3 is 5.97 Å². The molecule has 0 aliphatic rings. The summed E-state index contributed by atoms with van der Waals surface area (Å²) >= 11 is 0. The highest BCUT2D eigenvalue weighted by atomic mass is 19.1. The van der Waals surface area contributed by atoms with E-state index < -0.39 is 48.3 Å². The van der Waals surface area contributed by atoms with E-state index in [4.69, 9.17) is 5.11 Å². The fraction of sp³-hybridized carbons (Fsp3) is 0.304. The number of nitrogens with zero attached hydrogens (tertiary/aromatic N) is 3. The van der Waals surface area contributed by atoms with E-state index in [9.17, 15) is 23.6 Å². The average molecular weight is 454 g/mol. The van der Waals surface area contributed by atoms with Gasteiger partial charge in [0.15, 0.2) is 5.78 Å². The van der Waals surface area contributed by atoms with Crippen LogP contribution in [0, 0.1) is 0 Å². The maximum Gasteiger partial charge on any atom is 0.305 e. The van der Waals surface area contributed by atoms with Crippen LogP contribution >= 0.6 is 0 Å². The molecule has 2 heterocycles. The first kappa shape index (κ1) is 23.7. The van der Waals surface area contributed by atoms with Gasteiger partial charge in [0.1, 0.15) is 12.7 Å². The number of carbonyl (C=O) groups excluding carboxylic acids is 2. The number of Topliss-reactive ketones (excluding diaryl/α,β-unsaturated/α-hetero) is 1. The van der Waals surface area contributed by atoms with Crippen LogP contribution < -0.4 is 10.9 Å². The summed E-state index contributed by atoms with van der Waals surface area (Å²) in [6.45, 7) is 0.340. The number of alkyl halides is 1. The summed E-state index contributed by atoms with van der Waals surface area (Å²) in [5.74, 6) is -4.11. The van der Waals surface area contributed by atoms with Crippen LogP contribution in [0.15, 0.2) is 53.6 Å². The minimum Gasteiger partial charge on any atom is -0.481 e. The van der Waals surface area contributed by atoms with Crippen LogP contribution in [-0.2, 0) is 20.9 Å². The van der Waals surface area contributed by atoms with E-state index in [1.165, 1.54) is 16.9 Å². The summed E-state index contributed by atoms with van der Waals surface area (Å²) in [6, 6.07) is 9.33. The van der Waals surface area contributed by atoms with Gasteiger partial charge in [0, 0.05) is 23.3 Å². The fourth-order valence-corrected chi connectivity index (χ4v) is 3.63. The third-order valence-corrected chi connectivity index (χ3v) is 5.31. The molecule has 2 aromatic heterocycles. The number of pyridine rings is 1. The molecule has 33 heavy (non-hydrogen) atoms. The lowest BCUT2D eigenvalue weighted by atomic mass is 9.96. The molecule has 1 aromatic carbocycles. The van der Waals surface area contributed by atoms with Crippen molar-refractivity contribution in [2.45, 2.75) is 38.3 Å². The van der Waals surface area contributed by atoms with E-state index in [2.05, 4.69) is 15.4 Å². The summed E-state index contributed by atoms with van der Waals surface area (Å²) in [5, 5.41) is 17.2. The van der Waals surface area contributed by atoms with Gasteiger partial charge in [-0.25, -0.2) is 9.07 Å². The van der Waals surface area contributed by atoms with Crippen molar-refractivity contribution >= 4 is 28.4 Å². The predicted octanol–water partition coefficient (Wildman–Crippen LogP) is 1.83. The predicted molar refractivity (Wildman–Crippen MR) is 118 cm³/mol. The molecule has 172 valence electrons. The van der Waals surface area contributed by atoms with E-state index >= 15 is 0 Å². The topological polar surface area (TPSA) is 131 Å². The summed E-state index contributed by atoms with van der Waals surface area (Å²) in [5.41, 5.74) is 0.250. The number of carboxylic acid groups (broad SMARTS) is 1. The van der Waals surface area contributed by atoms with E-state index in [0.717, 1.165) is 10.8 Å². The summed E-state index contributed by atoms with van der Waals surface area (Å²) < 4.78 is 14.0. The number of carbonyl (C=O) groups is 3. The lowest BCUT2D eigenvalue weighted by molar-refractivity contribution is -0.140. The molecule has 2 atom stereocenters. The van der Waals surface area contributed by atoms with Crippen molar-refractivity contribution in [3.05, 3.63) is 70.4 Å². The second-order valence-electron chi connectivity index (χ2n) is 7.45. The Kier molecular flexibility index (Phi) is 7.60. The number of fused-ring (bicyclic) bond motifs is 1. The Morgan fingerprint density at radius 2 is 1.91 bits per heavy atom. The molecule has 0 radical (unpaired) electrons. The average Bonchev–Trinajstić information content (AvgIpc) is 2.80. The number of benzene rings is 1. The van der Waals surface area contributed by atoms with E-state index in [1.54, 1.807) is 13.1 Å². The second-order valence-corrected chi connectivity index (χ2v) is 7.45. The summed E-state index contributed by atoms with van der Waals surface area (Å²) in [7, 11) is 0. The molecule has 0 spiro atoms. The van der Waals surface area contributed by atoms with Crippen molar-refractivity contribution in [1.29, 1.82) is 0 Å². The third-order valence-electron chi connectivity index (χ3n) is 5.31. The molecular weight excluding hydrogens is 431 g/mol. The smallest absolute Gasteiger partial charge is 0.305 e. The van der Waals surface area contributed by atoms with Crippen LogP contribution in [0.2, 0.25) is 0 Å². The van der Waals surface area contributed by atoms with E-state index in [-0.39, 0.29) is 18.5 Å². The van der Waals surface area contributed by atoms with Crippen molar-refractivity contribution in [3.63, 3.8) is 0 Å². The number of aliphatic carboxylic acids is 1. The van der Waals surface area contributed by atoms with Crippen LogP contribution in [0.3, 0.4) is 0 Å². The van der Waals surface area contributed by atoms with E-state index in [0.29, 0.717) is 5.69 Å². The normalized spacial score (nSPS) is 12.8. The molecule has 1 amide bonds. The van der Waals surface area contributed by atoms with Gasteiger partial charge in [-0.1, -0.05) is 31.2 Å². The van der Waals surface area contributed by atoms with Gasteiger partial charge in [-0.15, -0.1) is 0 Å². The standard InChI is InChI=1S/C23H23FN4O5/c1-2-15(22(32)27-18(11-21(30)31)20(29)12-24)17-8-10-26-28(23(17)33)13-19-16-6-4-3-5-14(16)7-9-25-19/h3-10,15,18H,2,11-13H2,1H3,(H,27,32)(H,30,31). The summed E-state index contributed by atoms with van der Waals surface area (Å²) in [4.78, 5) is 53.0. The van der Waals surface area contributed by atoms with Crippen molar-refractivity contribution < 1.29 is 23.9 Å². The van der Waals surface area contributed by atoms with Crippen molar-refractivity contribution in [2.24, 2.45) is 0 Å². The number of aromatic nitrogens is 3. The Morgan fingerprint density at radius 1 is 1.15 bits per heavy atom. The lowest BCUT2D eigenvalue weighted by Crippen LogP contribution is -2.45. The number of hydrogen-bond donors (Lipinski definition) is 2. The largest absolute Gasteiger partial charge is 0.481 e. The van der Waals surface area contributed by atoms with E-state index in [1.807, 2.05) is 30.3 Å². The Hall–Kier alpha value is -3.95. The van der Waals surface area contributed by atoms with Gasteiger partial charge < -0.3 is 10.4 Å². The molecule has 9 nitrogen and oxygen atoms in total. The molecule has 0 aliphatic carbocycles. The lowest BCUT2D eigenvalue weighted by Gasteiger charge is -2.20. The molecule has 2 unspecified atom stereocenters. The van der Waals surface area contributed by atoms with Gasteiger partial charge in [-0.2, -0.15) is 5.10 Å². The zero-order valence-corrected chi connectivity index (χ0v) is 17.9. The van der Waals surface area contributed by atoms with Gasteiger partial charge in [0.05, 0.1) is 24.6 Å². The third kappa shape index (κ3) is 5.46. The van der Waals surface area contributed by atoms with Crippen LogP contribution in [0.1, 0.15) is 36.9 Å². The number of ketones is 1. The van der Waals surface area contributed by atoms with Gasteiger partial charge in [-0.05, 0) is 23.9 Å². The Balaban J connectivity index is 1.90. The maximum absolute atomic E-state index is 13.1. The molecule has 10 heteroatoms. The molecular formula is C23H23FN4O5.